The molecule has 2 heterocycles. The number of carbonyl (C=O) groups is 2. The molecule has 0 amide bonds. The van der Waals surface area contributed by atoms with Crippen molar-refractivity contribution in [1.29, 1.82) is 0 Å². The fourth-order valence-corrected chi connectivity index (χ4v) is 3.74. The number of benzene rings is 2. The summed E-state index contributed by atoms with van der Waals surface area (Å²) in [5.41, 5.74) is 3.12. The zero-order valence-corrected chi connectivity index (χ0v) is 19.9. The van der Waals surface area contributed by atoms with Gasteiger partial charge in [-0.2, -0.15) is 0 Å². The van der Waals surface area contributed by atoms with Crippen LogP contribution in [-0.4, -0.2) is 74.3 Å². The van der Waals surface area contributed by atoms with Gasteiger partial charge in [0.05, 0.1) is 24.0 Å². The predicted molar refractivity (Wildman–Crippen MR) is 135 cm³/mol. The Labute approximate surface area is 209 Å². The molecule has 190 valence electrons. The van der Waals surface area contributed by atoms with Crippen LogP contribution in [-0.2, 0) is 9.59 Å². The highest BCUT2D eigenvalue weighted by Crippen LogP contribution is 2.30. The minimum absolute atomic E-state index is 0.122. The maximum atomic E-state index is 9.62. The molecule has 1 aromatic heterocycles. The van der Waals surface area contributed by atoms with Gasteiger partial charge < -0.3 is 25.0 Å². The summed E-state index contributed by atoms with van der Waals surface area (Å²) < 4.78 is 7.98. The average molecular weight is 494 g/mol. The van der Waals surface area contributed by atoms with Crippen molar-refractivity contribution < 1.29 is 29.6 Å². The third-order valence-corrected chi connectivity index (χ3v) is 5.57. The van der Waals surface area contributed by atoms with Gasteiger partial charge in [-0.1, -0.05) is 48.5 Å². The molecule has 0 radical (unpaired) electrons. The summed E-state index contributed by atoms with van der Waals surface area (Å²) in [6, 6.07) is 20.3. The second kappa shape index (κ2) is 13.8. The number of aliphatic hydroxyl groups is 1. The fourth-order valence-electron chi connectivity index (χ4n) is 3.74. The Morgan fingerprint density at radius 2 is 1.53 bits per heavy atom. The van der Waals surface area contributed by atoms with E-state index in [4.69, 9.17) is 20.0 Å². The first-order chi connectivity index (χ1) is 17.4. The van der Waals surface area contributed by atoms with Crippen molar-refractivity contribution in [3.63, 3.8) is 0 Å². The molecule has 0 unspecified atom stereocenters. The van der Waals surface area contributed by atoms with Crippen molar-refractivity contribution in [1.82, 2.24) is 14.7 Å². The van der Waals surface area contributed by atoms with E-state index >= 15 is 0 Å². The highest BCUT2D eigenvalue weighted by Gasteiger charge is 2.17. The lowest BCUT2D eigenvalue weighted by molar-refractivity contribution is -0.134. The van der Waals surface area contributed by atoms with Crippen LogP contribution in [0.1, 0.15) is 19.3 Å². The molecule has 4 rings (SSSR count). The Kier molecular flexibility index (Phi) is 10.2. The Bertz CT molecular complexity index is 1110. The smallest absolute Gasteiger partial charge is 0.328 e. The van der Waals surface area contributed by atoms with Crippen molar-refractivity contribution >= 4 is 11.9 Å². The number of piperidine rings is 1. The number of aliphatic hydroxyl groups excluding tert-OH is 1. The lowest BCUT2D eigenvalue weighted by Gasteiger charge is -2.29. The van der Waals surface area contributed by atoms with Crippen molar-refractivity contribution in [2.75, 3.05) is 26.2 Å². The van der Waals surface area contributed by atoms with E-state index < -0.39 is 11.9 Å². The number of carboxylic acids is 2. The number of hydrogen-bond donors (Lipinski definition) is 3. The molecule has 3 aromatic rings. The van der Waals surface area contributed by atoms with Crippen molar-refractivity contribution in [2.24, 2.45) is 0 Å². The van der Waals surface area contributed by atoms with E-state index in [0.29, 0.717) is 24.6 Å². The molecule has 3 N–H and O–H groups in total. The molecule has 9 heteroatoms. The first kappa shape index (κ1) is 26.7. The first-order valence-corrected chi connectivity index (χ1v) is 11.8. The molecule has 1 aliphatic heterocycles. The van der Waals surface area contributed by atoms with Gasteiger partial charge in [-0.3, -0.25) is 0 Å². The van der Waals surface area contributed by atoms with Crippen molar-refractivity contribution in [3.8, 4) is 22.7 Å². The van der Waals surface area contributed by atoms with Crippen molar-refractivity contribution in [2.45, 2.75) is 25.4 Å². The van der Waals surface area contributed by atoms with E-state index in [1.165, 1.54) is 0 Å². The Balaban J connectivity index is 0.000000392. The maximum absolute atomic E-state index is 9.62. The van der Waals surface area contributed by atoms with E-state index in [9.17, 15) is 14.7 Å². The number of para-hydroxylation sites is 1. The molecule has 2 aromatic carbocycles. The van der Waals surface area contributed by atoms with Crippen LogP contribution < -0.4 is 4.74 Å². The third kappa shape index (κ3) is 8.68. The number of hydrogen-bond acceptors (Lipinski definition) is 6. The highest BCUT2D eigenvalue weighted by atomic mass is 16.5. The Hall–Kier alpha value is -3.95. The summed E-state index contributed by atoms with van der Waals surface area (Å²) >= 11 is 0. The summed E-state index contributed by atoms with van der Waals surface area (Å²) in [4.78, 5) is 21.5. The Morgan fingerprint density at radius 3 is 2.11 bits per heavy atom. The summed E-state index contributed by atoms with van der Waals surface area (Å²) in [5, 5.41) is 29.9. The molecular weight excluding hydrogens is 462 g/mol. The van der Waals surface area contributed by atoms with E-state index in [2.05, 4.69) is 17.0 Å². The standard InChI is InChI=1S/C23H27N3O2.C4H4O4/c27-21-12-15-25(16-13-21)14-7-17-28-23-22(19-8-3-1-4-9-19)18-26(24-23)20-10-5-2-6-11-20;5-3(6)1-2-4(7)8/h1-6,8-11,18,21,27H,7,12-17H2;1-2H,(H,5,6)(H,7,8)/b;2-1-. The largest absolute Gasteiger partial charge is 0.478 e. The summed E-state index contributed by atoms with van der Waals surface area (Å²) in [6.45, 7) is 3.57. The fraction of sp³-hybridized carbons (Fsp3) is 0.296. The molecule has 0 aliphatic carbocycles. The number of ether oxygens (including phenoxy) is 1. The van der Waals surface area contributed by atoms with Crippen LogP contribution in [0, 0.1) is 0 Å². The van der Waals surface area contributed by atoms with Crippen LogP contribution in [0.15, 0.2) is 79.0 Å². The van der Waals surface area contributed by atoms with Gasteiger partial charge in [0.15, 0.2) is 0 Å². The number of aliphatic carboxylic acids is 2. The molecule has 0 bridgehead atoms. The van der Waals surface area contributed by atoms with Gasteiger partial charge in [0, 0.05) is 38.0 Å². The van der Waals surface area contributed by atoms with E-state index in [1.54, 1.807) is 0 Å². The van der Waals surface area contributed by atoms with E-state index in [0.717, 1.165) is 55.7 Å². The zero-order chi connectivity index (χ0) is 25.8. The third-order valence-electron chi connectivity index (χ3n) is 5.57. The molecule has 1 fully saturated rings. The van der Waals surface area contributed by atoms with E-state index in [-0.39, 0.29) is 6.10 Å². The predicted octanol–water partition coefficient (Wildman–Crippen LogP) is 3.48. The SMILES string of the molecule is O=C(O)/C=C\C(=O)O.OC1CCN(CCCOc2nn(-c3ccccc3)cc2-c2ccccc2)CC1. The van der Waals surface area contributed by atoms with Crippen LogP contribution in [0.5, 0.6) is 5.88 Å². The van der Waals surface area contributed by atoms with Gasteiger partial charge in [-0.25, -0.2) is 14.3 Å². The monoisotopic (exact) mass is 493 g/mol. The number of aromatic nitrogens is 2. The van der Waals surface area contributed by atoms with Gasteiger partial charge in [0.25, 0.3) is 0 Å². The number of carboxylic acid groups (broad SMARTS) is 2. The lowest BCUT2D eigenvalue weighted by atomic mass is 10.1. The highest BCUT2D eigenvalue weighted by molar-refractivity contribution is 5.89. The van der Waals surface area contributed by atoms with Crippen LogP contribution >= 0.6 is 0 Å². The summed E-state index contributed by atoms with van der Waals surface area (Å²) in [7, 11) is 0. The van der Waals surface area contributed by atoms with Crippen molar-refractivity contribution in [3.05, 3.63) is 79.0 Å². The molecule has 36 heavy (non-hydrogen) atoms. The number of rotatable bonds is 9. The van der Waals surface area contributed by atoms with Crippen LogP contribution in [0.25, 0.3) is 16.8 Å². The lowest BCUT2D eigenvalue weighted by Crippen LogP contribution is -2.36. The number of nitrogens with zero attached hydrogens (tertiary/aromatic N) is 3. The molecule has 0 spiro atoms. The van der Waals surface area contributed by atoms with Crippen LogP contribution in [0.4, 0.5) is 0 Å². The quantitative estimate of drug-likeness (QED) is 0.306. The number of likely N-dealkylation sites (tertiary alicyclic amines) is 1. The maximum Gasteiger partial charge on any atom is 0.328 e. The van der Waals surface area contributed by atoms with Gasteiger partial charge in [0.2, 0.25) is 5.88 Å². The molecular formula is C27H31N3O6. The second-order valence-electron chi connectivity index (χ2n) is 8.28. The molecule has 1 saturated heterocycles. The first-order valence-electron chi connectivity index (χ1n) is 11.8. The second-order valence-corrected chi connectivity index (χ2v) is 8.28. The van der Waals surface area contributed by atoms with Gasteiger partial charge >= 0.3 is 11.9 Å². The minimum atomic E-state index is -1.26. The summed E-state index contributed by atoms with van der Waals surface area (Å²) in [5.74, 6) is -1.84. The normalized spacial score (nSPS) is 14.2. The van der Waals surface area contributed by atoms with Gasteiger partial charge in [0.1, 0.15) is 0 Å². The topological polar surface area (TPSA) is 125 Å². The zero-order valence-electron chi connectivity index (χ0n) is 19.9. The Morgan fingerprint density at radius 1 is 0.944 bits per heavy atom. The molecule has 9 nitrogen and oxygen atoms in total. The summed E-state index contributed by atoms with van der Waals surface area (Å²) in [6.07, 6.45) is 5.73. The van der Waals surface area contributed by atoms with Crippen LogP contribution in [0.3, 0.4) is 0 Å². The average Bonchev–Trinajstić information content (AvgIpc) is 3.32. The minimum Gasteiger partial charge on any atom is -0.478 e. The molecule has 0 saturated carbocycles. The molecule has 1 aliphatic rings. The van der Waals surface area contributed by atoms with Gasteiger partial charge in [-0.05, 0) is 37.0 Å². The van der Waals surface area contributed by atoms with Crippen LogP contribution in [0.2, 0.25) is 0 Å². The molecule has 0 atom stereocenters. The van der Waals surface area contributed by atoms with E-state index in [1.807, 2.05) is 59.4 Å². The van der Waals surface area contributed by atoms with Gasteiger partial charge in [-0.15, -0.1) is 5.10 Å².